The summed E-state index contributed by atoms with van der Waals surface area (Å²) in [4.78, 5) is 63.0. The third kappa shape index (κ3) is 14.7. The smallest absolute Gasteiger partial charge is 0.407 e. The Hall–Kier alpha value is -4.25. The lowest BCUT2D eigenvalue weighted by atomic mass is 9.91. The first-order chi connectivity index (χ1) is 22.3. The van der Waals surface area contributed by atoms with Crippen LogP contribution in [0.3, 0.4) is 0 Å². The van der Waals surface area contributed by atoms with Gasteiger partial charge in [0, 0.05) is 43.7 Å². The Labute approximate surface area is 269 Å². The molecule has 0 spiro atoms. The van der Waals surface area contributed by atoms with Crippen molar-refractivity contribution in [2.75, 3.05) is 26.3 Å². The zero-order chi connectivity index (χ0) is 33.0. The van der Waals surface area contributed by atoms with Gasteiger partial charge in [-0.25, -0.2) is 29.0 Å². The van der Waals surface area contributed by atoms with Crippen LogP contribution in [-0.4, -0.2) is 92.9 Å². The Kier molecular flexibility index (Phi) is 16.3. The molecule has 6 amide bonds. The topological polar surface area (TPSA) is 221 Å². The highest BCUT2D eigenvalue weighted by Gasteiger charge is 2.26. The van der Waals surface area contributed by atoms with E-state index in [-0.39, 0.29) is 61.6 Å². The van der Waals surface area contributed by atoms with E-state index in [1.54, 1.807) is 12.3 Å². The van der Waals surface area contributed by atoms with Gasteiger partial charge in [0.1, 0.15) is 6.10 Å². The maximum absolute atomic E-state index is 12.4. The van der Waals surface area contributed by atoms with Crippen molar-refractivity contribution >= 4 is 30.3 Å². The van der Waals surface area contributed by atoms with E-state index in [0.29, 0.717) is 45.2 Å². The molecule has 0 heterocycles. The molecule has 0 aromatic rings. The first kappa shape index (κ1) is 36.2. The summed E-state index contributed by atoms with van der Waals surface area (Å²) in [5, 5.41) is 25.7. The molecule has 46 heavy (non-hydrogen) atoms. The first-order valence-electron chi connectivity index (χ1n) is 16.4. The summed E-state index contributed by atoms with van der Waals surface area (Å²) >= 11 is 0. The number of aliphatic imine (C=N–C) groups is 1. The Balaban J connectivity index is 1.18. The minimum atomic E-state index is -0.524. The molecule has 6 N–H and O–H groups in total. The van der Waals surface area contributed by atoms with E-state index in [1.807, 2.05) is 0 Å². The molecule has 16 nitrogen and oxygen atoms in total. The molecule has 3 aliphatic carbocycles. The molecule has 0 saturated heterocycles. The summed E-state index contributed by atoms with van der Waals surface area (Å²) < 4.78 is 15.4. The summed E-state index contributed by atoms with van der Waals surface area (Å²) in [5.41, 5.74) is 0. The summed E-state index contributed by atoms with van der Waals surface area (Å²) in [6.07, 6.45) is 12.2. The fourth-order valence-electron chi connectivity index (χ4n) is 6.16. The molecule has 0 aromatic heterocycles. The molecule has 3 saturated carbocycles. The molecule has 6 atom stereocenters. The van der Waals surface area contributed by atoms with Crippen molar-refractivity contribution < 1.29 is 38.2 Å². The third-order valence-electron chi connectivity index (χ3n) is 8.40. The van der Waals surface area contributed by atoms with E-state index < -0.39 is 12.2 Å². The van der Waals surface area contributed by atoms with E-state index in [4.69, 9.17) is 19.5 Å². The van der Waals surface area contributed by atoms with E-state index in [9.17, 15) is 24.0 Å². The van der Waals surface area contributed by atoms with Gasteiger partial charge in [0.25, 0.3) is 6.26 Å². The number of ether oxygens (including phenoxy) is 3. The van der Waals surface area contributed by atoms with Crippen molar-refractivity contribution in [1.29, 1.82) is 5.26 Å². The van der Waals surface area contributed by atoms with E-state index in [0.717, 1.165) is 57.8 Å². The van der Waals surface area contributed by atoms with Crippen molar-refractivity contribution in [3.63, 3.8) is 0 Å². The van der Waals surface area contributed by atoms with Gasteiger partial charge in [-0.15, -0.1) is 0 Å². The fraction of sp³-hybridized carbons (Fsp3) is 0.800. The van der Waals surface area contributed by atoms with Crippen molar-refractivity contribution in [3.8, 4) is 6.26 Å². The molecule has 0 bridgehead atoms. The van der Waals surface area contributed by atoms with Gasteiger partial charge in [-0.3, -0.25) is 0 Å². The minimum absolute atomic E-state index is 0.0815. The van der Waals surface area contributed by atoms with Gasteiger partial charge >= 0.3 is 24.2 Å². The number of nitrogens with one attached hydrogen (secondary N) is 6. The van der Waals surface area contributed by atoms with Gasteiger partial charge in [-0.1, -0.05) is 0 Å². The maximum Gasteiger partial charge on any atom is 0.407 e. The number of carbonyl (C=O) groups is 4. The average molecular weight is 649 g/mol. The number of nitriles is 1. The van der Waals surface area contributed by atoms with Crippen LogP contribution < -0.4 is 31.9 Å². The maximum atomic E-state index is 12.4. The highest BCUT2D eigenvalue weighted by atomic mass is 16.6. The molecule has 0 radical (unpaired) electrons. The number of rotatable bonds is 14. The van der Waals surface area contributed by atoms with Crippen LogP contribution >= 0.6 is 0 Å². The highest BCUT2D eigenvalue weighted by molar-refractivity contribution is 5.75. The lowest BCUT2D eigenvalue weighted by Gasteiger charge is -2.30. The molecule has 3 fully saturated rings. The van der Waals surface area contributed by atoms with Gasteiger partial charge in [0.05, 0.1) is 19.3 Å². The Bertz CT molecular complexity index is 1080. The molecule has 0 aliphatic heterocycles. The number of hydrogen-bond acceptors (Lipinski definition) is 10. The van der Waals surface area contributed by atoms with Crippen LogP contribution in [0.2, 0.25) is 0 Å². The molecule has 256 valence electrons. The molecular formula is C30H48N8O8. The zero-order valence-corrected chi connectivity index (χ0v) is 26.4. The molecule has 3 rings (SSSR count). The highest BCUT2D eigenvalue weighted by Crippen LogP contribution is 2.22. The second-order valence-corrected chi connectivity index (χ2v) is 12.1. The Morgan fingerprint density at radius 3 is 1.72 bits per heavy atom. The first-order valence-corrected chi connectivity index (χ1v) is 16.4. The largest absolute Gasteiger partial charge is 0.449 e. The normalized spacial score (nSPS) is 25.6. The van der Waals surface area contributed by atoms with Crippen LogP contribution in [0.4, 0.5) is 19.2 Å². The lowest BCUT2D eigenvalue weighted by molar-refractivity contribution is 0.0957. The van der Waals surface area contributed by atoms with Crippen molar-refractivity contribution in [3.05, 3.63) is 0 Å². The van der Waals surface area contributed by atoms with Gasteiger partial charge in [-0.05, 0) is 83.5 Å². The number of urea groups is 2. The van der Waals surface area contributed by atoms with Gasteiger partial charge in [0.15, 0.2) is 0 Å². The zero-order valence-electron chi connectivity index (χ0n) is 26.4. The quantitative estimate of drug-likeness (QED) is 0.0704. The second-order valence-electron chi connectivity index (χ2n) is 12.1. The number of alkyl carbamates (subject to hydrolysis) is 2. The summed E-state index contributed by atoms with van der Waals surface area (Å²) in [6.45, 7) is 0.972. The number of hydrogen-bond donors (Lipinski definition) is 6. The number of nitrogens with zero attached hydrogens (tertiary/aromatic N) is 2. The molecule has 16 heteroatoms. The molecule has 0 aromatic carbocycles. The van der Waals surface area contributed by atoms with E-state index >= 15 is 0 Å². The van der Waals surface area contributed by atoms with Crippen LogP contribution in [0.25, 0.3) is 0 Å². The van der Waals surface area contributed by atoms with Crippen LogP contribution in [0, 0.1) is 11.5 Å². The minimum Gasteiger partial charge on any atom is -0.449 e. The summed E-state index contributed by atoms with van der Waals surface area (Å²) in [6, 6.07) is -1.07. The number of isocyanates is 1. The van der Waals surface area contributed by atoms with Crippen LogP contribution in [0.15, 0.2) is 4.99 Å². The van der Waals surface area contributed by atoms with Crippen LogP contribution in [0.5, 0.6) is 0 Å². The predicted octanol–water partition coefficient (Wildman–Crippen LogP) is 2.58. The second kappa shape index (κ2) is 20.7. The van der Waals surface area contributed by atoms with Gasteiger partial charge in [-0.2, -0.15) is 5.26 Å². The van der Waals surface area contributed by atoms with Crippen molar-refractivity contribution in [2.45, 2.75) is 126 Å². The van der Waals surface area contributed by atoms with E-state index in [2.05, 4.69) is 36.9 Å². The van der Waals surface area contributed by atoms with E-state index in [1.165, 1.54) is 0 Å². The standard InChI is InChI=1S/C30H48N8O8/c31-19-46-26-11-3-10-25(18-26)38-30(43)45-15-5-13-33-28(41)36-23-8-2-7-22(17-23)35-27(40)32-12-4-14-44-29(42)37-24-9-1-6-21(16-24)34-20-39/h21-26H,1-18H2,(H,37,42)(H,38,43)(H2,32,35,40)(H2,33,36,41). The molecular weight excluding hydrogens is 600 g/mol. The Morgan fingerprint density at radius 2 is 1.17 bits per heavy atom. The third-order valence-corrected chi connectivity index (χ3v) is 8.40. The average Bonchev–Trinajstić information content (AvgIpc) is 3.01. The van der Waals surface area contributed by atoms with Gasteiger partial charge < -0.3 is 46.1 Å². The van der Waals surface area contributed by atoms with Crippen LogP contribution in [0.1, 0.15) is 89.9 Å². The fourth-order valence-corrected chi connectivity index (χ4v) is 6.16. The SMILES string of the molecule is N#COC1CCCC(NC(=O)OCCCNC(=O)NC2CCCC(NC(=O)NCCCOC(=O)NC3CCCC(N=C=O)C3)C2)C1. The molecule has 3 aliphatic rings. The lowest BCUT2D eigenvalue weighted by Crippen LogP contribution is -2.50. The van der Waals surface area contributed by atoms with Crippen molar-refractivity contribution in [2.24, 2.45) is 4.99 Å². The summed E-state index contributed by atoms with van der Waals surface area (Å²) in [5.74, 6) is 0. The molecule has 6 unspecified atom stereocenters. The Morgan fingerprint density at radius 1 is 0.674 bits per heavy atom. The number of carbonyl (C=O) groups excluding carboxylic acids is 5. The summed E-state index contributed by atoms with van der Waals surface area (Å²) in [7, 11) is 0. The number of amides is 6. The monoisotopic (exact) mass is 648 g/mol. The van der Waals surface area contributed by atoms with Gasteiger partial charge in [0.2, 0.25) is 6.08 Å². The van der Waals surface area contributed by atoms with Crippen molar-refractivity contribution in [1.82, 2.24) is 31.9 Å². The van der Waals surface area contributed by atoms with Crippen LogP contribution in [-0.2, 0) is 19.0 Å². The predicted molar refractivity (Wildman–Crippen MR) is 164 cm³/mol.